The van der Waals surface area contributed by atoms with Crippen LogP contribution in [0.3, 0.4) is 0 Å². The maximum atomic E-state index is 12.6. The summed E-state index contributed by atoms with van der Waals surface area (Å²) in [5.74, 6) is 2.66. The standard InChI is InChI=1S/C16H29N3OS/c20-16(11-14-13-21-10-6-17-14)19-9-4-5-15(19)12-18-7-2-1-3-8-18/h14-15,17H,1-13H2. The van der Waals surface area contributed by atoms with Gasteiger partial charge in [-0.15, -0.1) is 0 Å². The first-order chi connectivity index (χ1) is 10.3. The summed E-state index contributed by atoms with van der Waals surface area (Å²) in [6.07, 6.45) is 7.15. The molecule has 4 nitrogen and oxygen atoms in total. The van der Waals surface area contributed by atoms with Crippen LogP contribution in [-0.4, -0.2) is 72.0 Å². The van der Waals surface area contributed by atoms with Crippen LogP contribution in [0.5, 0.6) is 0 Å². The number of hydrogen-bond donors (Lipinski definition) is 1. The Morgan fingerprint density at radius 2 is 2.00 bits per heavy atom. The van der Waals surface area contributed by atoms with Crippen LogP contribution < -0.4 is 5.32 Å². The van der Waals surface area contributed by atoms with Gasteiger partial charge >= 0.3 is 0 Å². The van der Waals surface area contributed by atoms with Crippen molar-refractivity contribution < 1.29 is 4.79 Å². The molecule has 120 valence electrons. The molecule has 3 heterocycles. The van der Waals surface area contributed by atoms with Crippen LogP contribution >= 0.6 is 11.8 Å². The summed E-state index contributed by atoms with van der Waals surface area (Å²) >= 11 is 1.98. The van der Waals surface area contributed by atoms with E-state index in [1.165, 1.54) is 50.9 Å². The van der Waals surface area contributed by atoms with Crippen LogP contribution in [0.1, 0.15) is 38.5 Å². The molecular formula is C16H29N3OS. The average molecular weight is 311 g/mol. The van der Waals surface area contributed by atoms with Crippen molar-refractivity contribution in [2.24, 2.45) is 0 Å². The molecule has 0 aromatic heterocycles. The van der Waals surface area contributed by atoms with E-state index in [1.807, 2.05) is 11.8 Å². The topological polar surface area (TPSA) is 35.6 Å². The number of nitrogens with one attached hydrogen (secondary N) is 1. The summed E-state index contributed by atoms with van der Waals surface area (Å²) in [7, 11) is 0. The van der Waals surface area contributed by atoms with Crippen LogP contribution in [0.25, 0.3) is 0 Å². The molecule has 0 saturated carbocycles. The van der Waals surface area contributed by atoms with Crippen molar-refractivity contribution >= 4 is 17.7 Å². The van der Waals surface area contributed by atoms with Crippen molar-refractivity contribution in [2.45, 2.75) is 50.6 Å². The number of amides is 1. The van der Waals surface area contributed by atoms with Crippen molar-refractivity contribution in [2.75, 3.05) is 44.2 Å². The van der Waals surface area contributed by atoms with Gasteiger partial charge in [-0.25, -0.2) is 0 Å². The first kappa shape index (κ1) is 15.6. The number of carbonyl (C=O) groups excluding carboxylic acids is 1. The van der Waals surface area contributed by atoms with E-state index in [2.05, 4.69) is 15.1 Å². The van der Waals surface area contributed by atoms with Gasteiger partial charge in [-0.2, -0.15) is 11.8 Å². The Balaban J connectivity index is 1.49. The highest BCUT2D eigenvalue weighted by molar-refractivity contribution is 7.99. The lowest BCUT2D eigenvalue weighted by molar-refractivity contribution is -0.132. The van der Waals surface area contributed by atoms with Crippen molar-refractivity contribution in [1.29, 1.82) is 0 Å². The molecule has 21 heavy (non-hydrogen) atoms. The molecular weight excluding hydrogens is 282 g/mol. The Morgan fingerprint density at radius 1 is 1.14 bits per heavy atom. The van der Waals surface area contributed by atoms with Gasteiger partial charge in [0.1, 0.15) is 0 Å². The van der Waals surface area contributed by atoms with Gasteiger partial charge in [0.25, 0.3) is 0 Å². The smallest absolute Gasteiger partial charge is 0.224 e. The third kappa shape index (κ3) is 4.36. The second-order valence-electron chi connectivity index (χ2n) is 6.67. The van der Waals surface area contributed by atoms with Gasteiger partial charge in [0, 0.05) is 49.6 Å². The quantitative estimate of drug-likeness (QED) is 0.855. The number of rotatable bonds is 4. The van der Waals surface area contributed by atoms with Crippen LogP contribution in [0.15, 0.2) is 0 Å². The molecule has 5 heteroatoms. The largest absolute Gasteiger partial charge is 0.338 e. The lowest BCUT2D eigenvalue weighted by Crippen LogP contribution is -2.47. The summed E-state index contributed by atoms with van der Waals surface area (Å²) in [6, 6.07) is 0.874. The van der Waals surface area contributed by atoms with Crippen LogP contribution in [0.2, 0.25) is 0 Å². The minimum Gasteiger partial charge on any atom is -0.338 e. The fourth-order valence-corrected chi connectivity index (χ4v) is 4.82. The fraction of sp³-hybridized carbons (Fsp3) is 0.938. The molecule has 3 aliphatic heterocycles. The molecule has 0 spiro atoms. The van der Waals surface area contributed by atoms with Crippen molar-refractivity contribution in [3.63, 3.8) is 0 Å². The third-order valence-electron chi connectivity index (χ3n) is 5.03. The van der Waals surface area contributed by atoms with Crippen molar-refractivity contribution in [1.82, 2.24) is 15.1 Å². The van der Waals surface area contributed by atoms with Crippen LogP contribution in [-0.2, 0) is 4.79 Å². The minimum absolute atomic E-state index is 0.384. The molecule has 0 bridgehead atoms. The van der Waals surface area contributed by atoms with Gasteiger partial charge in [-0.05, 0) is 38.8 Å². The van der Waals surface area contributed by atoms with Crippen LogP contribution in [0.4, 0.5) is 0 Å². The SMILES string of the molecule is O=C(CC1CSCCN1)N1CCCC1CN1CCCCC1. The molecule has 3 aliphatic rings. The molecule has 2 atom stereocenters. The molecule has 1 amide bonds. The van der Waals surface area contributed by atoms with E-state index in [1.54, 1.807) is 0 Å². The normalized spacial score (nSPS) is 31.5. The van der Waals surface area contributed by atoms with Gasteiger partial charge in [-0.3, -0.25) is 4.79 Å². The molecule has 0 radical (unpaired) electrons. The summed E-state index contributed by atoms with van der Waals surface area (Å²) in [6.45, 7) is 5.62. The Hall–Kier alpha value is -0.260. The maximum absolute atomic E-state index is 12.6. The second-order valence-corrected chi connectivity index (χ2v) is 7.82. The zero-order chi connectivity index (χ0) is 14.5. The van der Waals surface area contributed by atoms with E-state index in [-0.39, 0.29) is 0 Å². The Labute approximate surface area is 133 Å². The molecule has 3 saturated heterocycles. The lowest BCUT2D eigenvalue weighted by Gasteiger charge is -2.34. The summed E-state index contributed by atoms with van der Waals surface area (Å²) in [5.41, 5.74) is 0. The van der Waals surface area contributed by atoms with Gasteiger partial charge < -0.3 is 15.1 Å². The maximum Gasteiger partial charge on any atom is 0.224 e. The number of carbonyl (C=O) groups is 1. The van der Waals surface area contributed by atoms with Gasteiger partial charge in [0.15, 0.2) is 0 Å². The number of nitrogens with zero attached hydrogens (tertiary/aromatic N) is 2. The fourth-order valence-electron chi connectivity index (χ4n) is 3.87. The van der Waals surface area contributed by atoms with Crippen LogP contribution in [0, 0.1) is 0 Å². The zero-order valence-corrected chi connectivity index (χ0v) is 13.9. The lowest BCUT2D eigenvalue weighted by atomic mass is 10.1. The molecule has 0 aromatic rings. The minimum atomic E-state index is 0.384. The Morgan fingerprint density at radius 3 is 2.76 bits per heavy atom. The number of thioether (sulfide) groups is 1. The van der Waals surface area contributed by atoms with E-state index >= 15 is 0 Å². The van der Waals surface area contributed by atoms with E-state index in [4.69, 9.17) is 0 Å². The molecule has 1 N–H and O–H groups in total. The van der Waals surface area contributed by atoms with Gasteiger partial charge in [-0.1, -0.05) is 6.42 Å². The summed E-state index contributed by atoms with van der Waals surface area (Å²) in [5, 5.41) is 3.49. The van der Waals surface area contributed by atoms with E-state index in [0.717, 1.165) is 25.4 Å². The molecule has 3 fully saturated rings. The molecule has 2 unspecified atom stereocenters. The van der Waals surface area contributed by atoms with Gasteiger partial charge in [0.05, 0.1) is 0 Å². The molecule has 3 rings (SSSR count). The first-order valence-electron chi connectivity index (χ1n) is 8.66. The Kier molecular flexibility index (Phi) is 5.83. The van der Waals surface area contributed by atoms with E-state index < -0.39 is 0 Å². The number of piperidine rings is 1. The molecule has 0 aromatic carbocycles. The van der Waals surface area contributed by atoms with E-state index in [0.29, 0.717) is 24.4 Å². The summed E-state index contributed by atoms with van der Waals surface area (Å²) in [4.78, 5) is 17.4. The second kappa shape index (κ2) is 7.84. The summed E-state index contributed by atoms with van der Waals surface area (Å²) < 4.78 is 0. The highest BCUT2D eigenvalue weighted by Gasteiger charge is 2.31. The average Bonchev–Trinajstić information content (AvgIpc) is 2.97. The molecule has 0 aliphatic carbocycles. The third-order valence-corrected chi connectivity index (χ3v) is 6.17. The highest BCUT2D eigenvalue weighted by atomic mass is 32.2. The monoisotopic (exact) mass is 311 g/mol. The Bertz CT molecular complexity index is 340. The van der Waals surface area contributed by atoms with Crippen molar-refractivity contribution in [3.8, 4) is 0 Å². The predicted molar refractivity (Wildman–Crippen MR) is 88.8 cm³/mol. The van der Waals surface area contributed by atoms with Gasteiger partial charge in [0.2, 0.25) is 5.91 Å². The number of hydrogen-bond acceptors (Lipinski definition) is 4. The number of likely N-dealkylation sites (tertiary alicyclic amines) is 2. The zero-order valence-electron chi connectivity index (χ0n) is 13.1. The predicted octanol–water partition coefficient (Wildman–Crippen LogP) is 1.56. The first-order valence-corrected chi connectivity index (χ1v) is 9.81. The van der Waals surface area contributed by atoms with E-state index in [9.17, 15) is 4.79 Å². The van der Waals surface area contributed by atoms with Crippen molar-refractivity contribution in [3.05, 3.63) is 0 Å². The highest BCUT2D eigenvalue weighted by Crippen LogP contribution is 2.22.